The van der Waals surface area contributed by atoms with E-state index in [4.69, 9.17) is 26.0 Å². The number of benzene rings is 4. The van der Waals surface area contributed by atoms with E-state index in [0.717, 1.165) is 36.4 Å². The minimum atomic E-state index is -5.41. The van der Waals surface area contributed by atoms with E-state index in [0.29, 0.717) is 0 Å². The Morgan fingerprint density at radius 3 is 1.28 bits per heavy atom. The Morgan fingerprint density at radius 2 is 0.983 bits per heavy atom. The highest BCUT2D eigenvalue weighted by atomic mass is 35.5. The number of amides is 2. The topological polar surface area (TPSA) is 239 Å². The van der Waals surface area contributed by atoms with Crippen molar-refractivity contribution in [3.63, 3.8) is 0 Å². The van der Waals surface area contributed by atoms with Crippen LogP contribution in [0.4, 0.5) is 26.3 Å². The molecule has 0 saturated heterocycles. The number of nitrogens with zero attached hydrogens (tertiary/aromatic N) is 2. The van der Waals surface area contributed by atoms with Crippen LogP contribution in [0.3, 0.4) is 0 Å². The number of alkyl halides is 6. The molecule has 60 heavy (non-hydrogen) atoms. The van der Waals surface area contributed by atoms with Crippen molar-refractivity contribution in [2.24, 2.45) is 10.2 Å². The zero-order valence-electron chi connectivity index (χ0n) is 31.5. The molecule has 0 fully saturated rings. The number of nitrogens with one attached hydrogen (secondary N) is 4. The number of carbonyl (C=O) groups excluding carboxylic acids is 2. The predicted molar refractivity (Wildman–Crippen MR) is 201 cm³/mol. The van der Waals surface area contributed by atoms with Gasteiger partial charge in [-0.2, -0.15) is 53.4 Å². The fourth-order valence-corrected chi connectivity index (χ4v) is 10.6. The summed E-state index contributed by atoms with van der Waals surface area (Å²) in [5.41, 5.74) is 1.16. The highest BCUT2D eigenvalue weighted by Crippen LogP contribution is 2.54. The molecule has 0 aromatic heterocycles. The summed E-state index contributed by atoms with van der Waals surface area (Å²) >= 11 is 13.5. The Bertz CT molecular complexity index is 2720. The number of hydrogen-bond acceptors (Lipinski definition) is 10. The molecular weight excluding hydrogens is 893 g/mol. The van der Waals surface area contributed by atoms with Gasteiger partial charge in [-0.15, -0.1) is 0 Å². The number of allylic oxidation sites excluding steroid dienone is 2. The molecular formula is C36H24Cl2F6N6O8S2. The highest BCUT2D eigenvalue weighted by Gasteiger charge is 2.55. The first-order valence-corrected chi connectivity index (χ1v) is 20.1. The predicted octanol–water partition coefficient (Wildman–Crippen LogP) is 8.49. The fraction of sp³-hybridized carbons (Fsp3) is 0.167. The third-order valence-corrected chi connectivity index (χ3v) is 13.5. The summed E-state index contributed by atoms with van der Waals surface area (Å²) in [6, 6.07) is 16.9. The average molecular weight is 918 g/mol. The van der Waals surface area contributed by atoms with Crippen molar-refractivity contribution in [1.82, 2.24) is 10.6 Å². The summed E-state index contributed by atoms with van der Waals surface area (Å²) < 4.78 is 165. The SMILES string of the molecule is [H]/N=N/C1=C(NC(=O)C(F)(F)F)c2ccccc2C(c2ccc(-c3ccc(C4(S(=O)(=O)O)CC(/N=N/[H])=C(NC(=O)C(F)(F)F)c5ccccc54)c(Cl)c3)cc2Cl)(S(=O)(=O)O)C1. The van der Waals surface area contributed by atoms with E-state index < -0.39 is 89.5 Å². The zero-order valence-corrected chi connectivity index (χ0v) is 32.6. The van der Waals surface area contributed by atoms with Gasteiger partial charge in [0.05, 0.1) is 22.8 Å². The van der Waals surface area contributed by atoms with Crippen LogP contribution in [-0.2, 0) is 39.3 Å². The second kappa shape index (κ2) is 15.2. The Hall–Kier alpha value is -5.52. The number of halogens is 8. The second-order valence-corrected chi connectivity index (χ2v) is 17.3. The van der Waals surface area contributed by atoms with Crippen molar-refractivity contribution in [3.05, 3.63) is 140 Å². The van der Waals surface area contributed by atoms with Gasteiger partial charge in [0.1, 0.15) is 0 Å². The first kappa shape index (κ1) is 41.2. The molecule has 24 heteroatoms. The minimum Gasteiger partial charge on any atom is -0.316 e. The van der Waals surface area contributed by atoms with Gasteiger partial charge in [-0.25, -0.2) is 11.0 Å². The van der Waals surface area contributed by atoms with Crippen molar-refractivity contribution in [3.8, 4) is 11.1 Å². The van der Waals surface area contributed by atoms with Crippen molar-refractivity contribution in [2.45, 2.75) is 34.7 Å². The lowest BCUT2D eigenvalue weighted by Gasteiger charge is -2.38. The fourth-order valence-electron chi connectivity index (χ4n) is 7.34. The van der Waals surface area contributed by atoms with Crippen LogP contribution < -0.4 is 10.6 Å². The summed E-state index contributed by atoms with van der Waals surface area (Å²) in [6.07, 6.45) is -12.8. The van der Waals surface area contributed by atoms with E-state index in [9.17, 15) is 61.9 Å². The molecule has 2 unspecified atom stereocenters. The molecule has 6 N–H and O–H groups in total. The van der Waals surface area contributed by atoms with E-state index in [1.54, 1.807) is 10.6 Å². The van der Waals surface area contributed by atoms with E-state index in [1.165, 1.54) is 48.5 Å². The maximum Gasteiger partial charge on any atom is 0.471 e. The molecule has 0 spiro atoms. The summed E-state index contributed by atoms with van der Waals surface area (Å²) in [7, 11) is -10.8. The van der Waals surface area contributed by atoms with Gasteiger partial charge in [0.25, 0.3) is 20.2 Å². The monoisotopic (exact) mass is 916 g/mol. The molecule has 6 rings (SSSR count). The molecule has 2 amide bonds. The van der Waals surface area contributed by atoms with Gasteiger partial charge in [0.2, 0.25) is 2.82 Å². The van der Waals surface area contributed by atoms with E-state index >= 15 is 0 Å². The lowest BCUT2D eigenvalue weighted by molar-refractivity contribution is -0.172. The van der Waals surface area contributed by atoms with Gasteiger partial charge in [0.15, 0.2) is 9.49 Å². The van der Waals surface area contributed by atoms with Crippen LogP contribution in [-0.4, -0.2) is 50.1 Å². The molecule has 314 valence electrons. The Balaban J connectivity index is 1.50. The Labute approximate surface area is 347 Å². The molecule has 0 heterocycles. The Morgan fingerprint density at radius 1 is 0.633 bits per heavy atom. The quantitative estimate of drug-likeness (QED) is 0.0539. The Kier molecular flexibility index (Phi) is 10.4. The average Bonchev–Trinajstić information content (AvgIpc) is 3.18. The lowest BCUT2D eigenvalue weighted by Crippen LogP contribution is -2.43. The summed E-state index contributed by atoms with van der Waals surface area (Å²) in [5, 5.41) is 9.44. The maximum atomic E-state index is 13.5. The normalized spacial score (nSPS) is 20.4. The van der Waals surface area contributed by atoms with Crippen LogP contribution in [0.25, 0.3) is 22.5 Å². The third-order valence-electron chi connectivity index (χ3n) is 9.93. The van der Waals surface area contributed by atoms with Crippen LogP contribution in [0, 0.1) is 11.0 Å². The number of fused-ring (bicyclic) bond motifs is 2. The van der Waals surface area contributed by atoms with Crippen LogP contribution in [0.5, 0.6) is 0 Å². The van der Waals surface area contributed by atoms with E-state index in [1.807, 2.05) is 0 Å². The number of rotatable bonds is 9. The van der Waals surface area contributed by atoms with Gasteiger partial charge in [-0.3, -0.25) is 18.7 Å². The second-order valence-electron chi connectivity index (χ2n) is 13.2. The molecule has 2 aliphatic carbocycles. The first-order chi connectivity index (χ1) is 28.8. The molecule has 0 radical (unpaired) electrons. The standard InChI is InChI=1S/C36H24Cl2F6N6O8S2/c37-25-13-17(9-11-23(25)33(59(53,54)55)15-27(49-45)29(47-31(51)35(39,40)41)19-5-1-3-7-21(19)33)18-10-12-24(26(38)14-18)34(60(56,57)58)16-28(50-46)30(48-32(52)36(42,43)44)20-6-2-4-8-22(20)34/h1-14,45-46H,15-16H2,(H,47,51)(H,48,52)(H,53,54,55)(H,56,57,58)/b49-45+,50-46+. The maximum absolute atomic E-state index is 13.5. The summed E-state index contributed by atoms with van der Waals surface area (Å²) in [6.45, 7) is 0. The molecule has 14 nitrogen and oxygen atoms in total. The van der Waals surface area contributed by atoms with Crippen molar-refractivity contribution in [1.29, 1.82) is 11.0 Å². The molecule has 2 aliphatic rings. The number of carbonyl (C=O) groups is 2. The molecule has 4 aromatic rings. The van der Waals surface area contributed by atoms with Gasteiger partial charge >= 0.3 is 24.2 Å². The van der Waals surface area contributed by atoms with Crippen molar-refractivity contribution < 1.29 is 64.7 Å². The van der Waals surface area contributed by atoms with Crippen LogP contribution in [0.1, 0.15) is 46.2 Å². The van der Waals surface area contributed by atoms with Gasteiger partial charge in [0, 0.05) is 34.0 Å². The molecule has 0 aliphatic heterocycles. The summed E-state index contributed by atoms with van der Waals surface area (Å²) in [5.74, 6) is -4.92. The molecule has 2 atom stereocenters. The van der Waals surface area contributed by atoms with Gasteiger partial charge < -0.3 is 10.6 Å². The largest absolute Gasteiger partial charge is 0.471 e. The zero-order chi connectivity index (χ0) is 45.8. The minimum absolute atomic E-state index is 0.146. The smallest absolute Gasteiger partial charge is 0.316 e. The molecule has 0 saturated carbocycles. The van der Waals surface area contributed by atoms with Crippen LogP contribution in [0.15, 0.2) is 107 Å². The van der Waals surface area contributed by atoms with Crippen LogP contribution in [0.2, 0.25) is 12.9 Å². The number of hydrogen-bond donors (Lipinski definition) is 6. The lowest BCUT2D eigenvalue weighted by atomic mass is 9.77. The van der Waals surface area contributed by atoms with E-state index in [-0.39, 0.29) is 54.6 Å². The first-order valence-electron chi connectivity index (χ1n) is 17.4. The van der Waals surface area contributed by atoms with E-state index in [2.05, 4.69) is 21.3 Å². The summed E-state index contributed by atoms with van der Waals surface area (Å²) in [4.78, 5) is 24.1. The van der Waals surface area contributed by atoms with Crippen LogP contribution >= 0.6 is 23.2 Å². The molecule has 4 aromatic carbocycles. The van der Waals surface area contributed by atoms with Crippen molar-refractivity contribution >= 4 is 66.6 Å². The highest BCUT2D eigenvalue weighted by molar-refractivity contribution is 7.87. The molecule has 0 bridgehead atoms. The van der Waals surface area contributed by atoms with Gasteiger partial charge in [-0.05, 0) is 45.5 Å². The van der Waals surface area contributed by atoms with Gasteiger partial charge in [-0.1, -0.05) is 96.0 Å². The van der Waals surface area contributed by atoms with Crippen molar-refractivity contribution in [2.75, 3.05) is 0 Å². The third kappa shape index (κ3) is 7.25.